The van der Waals surface area contributed by atoms with Crippen LogP contribution < -0.4 is 15.1 Å². The van der Waals surface area contributed by atoms with Crippen molar-refractivity contribution >= 4 is 45.6 Å². The summed E-state index contributed by atoms with van der Waals surface area (Å²) in [5, 5.41) is 4.72. The van der Waals surface area contributed by atoms with Crippen molar-refractivity contribution < 1.29 is 23.5 Å². The zero-order valence-corrected chi connectivity index (χ0v) is 22.7. The maximum Gasteiger partial charge on any atom is 0.415 e. The van der Waals surface area contributed by atoms with E-state index in [2.05, 4.69) is 5.32 Å². The van der Waals surface area contributed by atoms with Gasteiger partial charge < -0.3 is 19.9 Å². The third-order valence-electron chi connectivity index (χ3n) is 8.06. The van der Waals surface area contributed by atoms with E-state index in [0.717, 1.165) is 22.0 Å². The highest BCUT2D eigenvalue weighted by atomic mass is 19.1. The number of nitrogens with one attached hydrogen (secondary N) is 1. The molecular formula is C31H31FN4O4. The fraction of sp³-hybridized carbons (Fsp3) is 0.323. The van der Waals surface area contributed by atoms with Crippen LogP contribution in [0.4, 0.5) is 20.6 Å². The van der Waals surface area contributed by atoms with Crippen molar-refractivity contribution in [3.05, 3.63) is 77.6 Å². The van der Waals surface area contributed by atoms with Crippen LogP contribution in [0, 0.1) is 5.82 Å². The summed E-state index contributed by atoms with van der Waals surface area (Å²) in [5.41, 5.74) is 2.67. The van der Waals surface area contributed by atoms with Gasteiger partial charge in [-0.15, -0.1) is 0 Å². The van der Waals surface area contributed by atoms with Crippen LogP contribution in [-0.4, -0.2) is 68.2 Å². The van der Waals surface area contributed by atoms with Crippen LogP contribution in [0.15, 0.2) is 60.7 Å². The molecule has 3 aromatic carbocycles. The zero-order valence-electron chi connectivity index (χ0n) is 22.7. The van der Waals surface area contributed by atoms with Crippen molar-refractivity contribution in [1.82, 2.24) is 10.2 Å². The van der Waals surface area contributed by atoms with E-state index in [1.807, 2.05) is 61.5 Å². The van der Waals surface area contributed by atoms with Crippen LogP contribution >= 0.6 is 0 Å². The van der Waals surface area contributed by atoms with E-state index in [4.69, 9.17) is 4.74 Å². The van der Waals surface area contributed by atoms with Gasteiger partial charge in [-0.1, -0.05) is 30.3 Å². The van der Waals surface area contributed by atoms with E-state index in [9.17, 15) is 14.4 Å². The van der Waals surface area contributed by atoms with Gasteiger partial charge in [-0.2, -0.15) is 0 Å². The lowest BCUT2D eigenvalue weighted by Gasteiger charge is -2.28. The Morgan fingerprint density at radius 1 is 1.10 bits per heavy atom. The molecule has 1 spiro atoms. The topological polar surface area (TPSA) is 82.2 Å². The van der Waals surface area contributed by atoms with Gasteiger partial charge in [-0.25, -0.2) is 9.18 Å². The Hall–Kier alpha value is -4.40. The Balaban J connectivity index is 1.17. The number of hydrogen-bond acceptors (Lipinski definition) is 5. The second-order valence-electron chi connectivity index (χ2n) is 10.9. The number of ether oxygens (including phenoxy) is 1. The molecule has 2 heterocycles. The van der Waals surface area contributed by atoms with Crippen LogP contribution in [0.3, 0.4) is 0 Å². The molecule has 2 unspecified atom stereocenters. The predicted octanol–water partition coefficient (Wildman–Crippen LogP) is 4.58. The first-order valence-electron chi connectivity index (χ1n) is 13.4. The summed E-state index contributed by atoms with van der Waals surface area (Å²) in [5.74, 6) is -0.660. The van der Waals surface area contributed by atoms with Crippen LogP contribution in [0.25, 0.3) is 16.3 Å². The second-order valence-corrected chi connectivity index (χ2v) is 10.9. The first-order chi connectivity index (χ1) is 19.2. The quantitative estimate of drug-likeness (QED) is 0.511. The molecule has 6 rings (SSSR count). The normalized spacial score (nSPS) is 21.9. The molecule has 1 aliphatic carbocycles. The van der Waals surface area contributed by atoms with Gasteiger partial charge >= 0.3 is 6.09 Å². The molecule has 3 aromatic rings. The zero-order chi connectivity index (χ0) is 28.2. The molecule has 8 nitrogen and oxygen atoms in total. The summed E-state index contributed by atoms with van der Waals surface area (Å²) < 4.78 is 20.9. The lowest BCUT2D eigenvalue weighted by Crippen LogP contribution is -2.35. The molecule has 0 radical (unpaired) electrons. The highest BCUT2D eigenvalue weighted by Gasteiger charge is 2.64. The summed E-state index contributed by atoms with van der Waals surface area (Å²) >= 11 is 0. The van der Waals surface area contributed by atoms with Crippen LogP contribution in [0.2, 0.25) is 0 Å². The molecule has 1 N–H and O–H groups in total. The van der Waals surface area contributed by atoms with Gasteiger partial charge in [-0.3, -0.25) is 14.5 Å². The van der Waals surface area contributed by atoms with Crippen LogP contribution in [0.5, 0.6) is 0 Å². The number of benzene rings is 3. The van der Waals surface area contributed by atoms with Crippen LogP contribution in [0.1, 0.15) is 35.7 Å². The second kappa shape index (κ2) is 9.66. The summed E-state index contributed by atoms with van der Waals surface area (Å²) in [6.07, 6.45) is 2.42. The number of fused-ring (bicyclic) bond motifs is 1. The fourth-order valence-corrected chi connectivity index (χ4v) is 5.85. The molecule has 206 valence electrons. The van der Waals surface area contributed by atoms with Crippen molar-refractivity contribution in [2.24, 2.45) is 0 Å². The SMILES string of the molecule is CC(=O)NC1CC12CN(c1ccc(C3=CCN(C(=O)c4ccc(N(C)C)c5ccccc45)CC3)c(F)c1)C(=O)O2. The van der Waals surface area contributed by atoms with Crippen molar-refractivity contribution in [1.29, 1.82) is 0 Å². The Labute approximate surface area is 232 Å². The van der Waals surface area contributed by atoms with E-state index in [1.165, 1.54) is 17.9 Å². The molecule has 0 aromatic heterocycles. The summed E-state index contributed by atoms with van der Waals surface area (Å²) in [6, 6.07) is 16.3. The standard InChI is InChI=1S/C31H31FN4O4/c1-19(37)33-28-17-31(28)18-36(30(39)40-31)21-8-9-22(26(32)16-21)20-12-14-35(15-13-20)29(38)25-10-11-27(34(2)3)24-7-5-4-6-23(24)25/h4-12,16,28H,13-15,17-18H2,1-3H3,(H,33,37). The van der Waals surface area contributed by atoms with E-state index in [0.29, 0.717) is 42.7 Å². The maximum atomic E-state index is 15.3. The number of carbonyl (C=O) groups is 3. The summed E-state index contributed by atoms with van der Waals surface area (Å²) in [6.45, 7) is 2.54. The van der Waals surface area contributed by atoms with Crippen molar-refractivity contribution in [2.45, 2.75) is 31.4 Å². The molecule has 2 atom stereocenters. The summed E-state index contributed by atoms with van der Waals surface area (Å²) in [4.78, 5) is 42.6. The fourth-order valence-electron chi connectivity index (χ4n) is 5.85. The van der Waals surface area contributed by atoms with Crippen molar-refractivity contribution in [2.75, 3.05) is 43.5 Å². The van der Waals surface area contributed by atoms with Crippen molar-refractivity contribution in [3.63, 3.8) is 0 Å². The Bertz CT molecular complexity index is 1580. The number of anilines is 2. The molecule has 3 amide bonds. The monoisotopic (exact) mass is 542 g/mol. The third kappa shape index (κ3) is 4.45. The molecule has 40 heavy (non-hydrogen) atoms. The molecule has 2 aliphatic heterocycles. The molecular weight excluding hydrogens is 511 g/mol. The number of rotatable bonds is 5. The number of carbonyl (C=O) groups excluding carboxylic acids is 3. The average Bonchev–Trinajstić information content (AvgIpc) is 3.47. The highest BCUT2D eigenvalue weighted by molar-refractivity contribution is 6.10. The first-order valence-corrected chi connectivity index (χ1v) is 13.4. The van der Waals surface area contributed by atoms with Gasteiger partial charge in [-0.05, 0) is 47.7 Å². The van der Waals surface area contributed by atoms with Gasteiger partial charge in [0.15, 0.2) is 5.60 Å². The number of amides is 3. The molecule has 3 aliphatic rings. The molecule has 0 bridgehead atoms. The number of halogens is 1. The van der Waals surface area contributed by atoms with Crippen molar-refractivity contribution in [3.8, 4) is 0 Å². The van der Waals surface area contributed by atoms with E-state index in [-0.39, 0.29) is 24.4 Å². The van der Waals surface area contributed by atoms with Gasteiger partial charge in [0.2, 0.25) is 5.91 Å². The lowest BCUT2D eigenvalue weighted by atomic mass is 9.97. The summed E-state index contributed by atoms with van der Waals surface area (Å²) in [7, 11) is 3.96. The minimum Gasteiger partial charge on any atom is -0.438 e. The Morgan fingerprint density at radius 2 is 1.88 bits per heavy atom. The number of nitrogens with zero attached hydrogens (tertiary/aromatic N) is 3. The van der Waals surface area contributed by atoms with E-state index >= 15 is 4.39 Å². The maximum absolute atomic E-state index is 15.3. The Morgan fingerprint density at radius 3 is 2.55 bits per heavy atom. The van der Waals surface area contributed by atoms with Gasteiger partial charge in [0.1, 0.15) is 5.82 Å². The molecule has 1 saturated carbocycles. The smallest absolute Gasteiger partial charge is 0.415 e. The van der Waals surface area contributed by atoms with Gasteiger partial charge in [0, 0.05) is 62.7 Å². The minimum atomic E-state index is -0.738. The lowest BCUT2D eigenvalue weighted by molar-refractivity contribution is -0.119. The van der Waals surface area contributed by atoms with Gasteiger partial charge in [0.25, 0.3) is 5.91 Å². The highest BCUT2D eigenvalue weighted by Crippen LogP contribution is 2.46. The predicted molar refractivity (Wildman–Crippen MR) is 152 cm³/mol. The van der Waals surface area contributed by atoms with E-state index < -0.39 is 17.5 Å². The number of hydrogen-bond donors (Lipinski definition) is 1. The third-order valence-corrected chi connectivity index (χ3v) is 8.06. The molecule has 1 saturated heterocycles. The van der Waals surface area contributed by atoms with Crippen LogP contribution in [-0.2, 0) is 9.53 Å². The minimum absolute atomic E-state index is 0.0493. The molecule has 9 heteroatoms. The average molecular weight is 543 g/mol. The molecule has 2 fully saturated rings. The first kappa shape index (κ1) is 25.9. The Kier molecular flexibility index (Phi) is 6.24. The largest absolute Gasteiger partial charge is 0.438 e. The van der Waals surface area contributed by atoms with Gasteiger partial charge in [0.05, 0.1) is 18.3 Å². The van der Waals surface area contributed by atoms with E-state index in [1.54, 1.807) is 17.0 Å².